The normalized spacial score (nSPS) is 19.0. The van der Waals surface area contributed by atoms with Gasteiger partial charge in [-0.25, -0.2) is 24.0 Å². The van der Waals surface area contributed by atoms with E-state index < -0.39 is 54.6 Å². The van der Waals surface area contributed by atoms with Crippen LogP contribution in [0, 0.1) is 11.3 Å². The fourth-order valence-corrected chi connectivity index (χ4v) is 4.89. The second-order valence-electron chi connectivity index (χ2n) is 9.84. The lowest BCUT2D eigenvalue weighted by Crippen LogP contribution is -2.41. The maximum Gasteiger partial charge on any atom is 0.338 e. The number of esters is 3. The highest BCUT2D eigenvalue weighted by Gasteiger charge is 2.52. The molecule has 5 aromatic rings. The van der Waals surface area contributed by atoms with Gasteiger partial charge in [0.25, 0.3) is 5.56 Å². The van der Waals surface area contributed by atoms with Crippen LogP contribution in [0.1, 0.15) is 43.0 Å². The van der Waals surface area contributed by atoms with Gasteiger partial charge in [0.2, 0.25) is 0 Å². The molecule has 0 aliphatic carbocycles. The number of fused-ring (bicyclic) bond motifs is 1. The second kappa shape index (κ2) is 12.6. The van der Waals surface area contributed by atoms with E-state index in [0.717, 1.165) is 11.0 Å². The van der Waals surface area contributed by atoms with Gasteiger partial charge in [-0.15, -0.1) is 0 Å². The molecule has 0 radical (unpaired) electrons. The van der Waals surface area contributed by atoms with Gasteiger partial charge in [0.15, 0.2) is 29.8 Å². The Morgan fingerprint density at radius 3 is 1.91 bits per heavy atom. The third-order valence-electron chi connectivity index (χ3n) is 7.02. The van der Waals surface area contributed by atoms with Gasteiger partial charge in [0, 0.05) is 0 Å². The number of H-pyrrole nitrogens is 1. The summed E-state index contributed by atoms with van der Waals surface area (Å²) in [5.74, 6) is -2.21. The summed E-state index contributed by atoms with van der Waals surface area (Å²) in [6.45, 7) is -0.422. The summed E-state index contributed by atoms with van der Waals surface area (Å²) in [7, 11) is 0. The predicted octanol–water partition coefficient (Wildman–Crippen LogP) is 3.20. The van der Waals surface area contributed by atoms with Crippen LogP contribution in [0.3, 0.4) is 0 Å². The van der Waals surface area contributed by atoms with Gasteiger partial charge in [-0.1, -0.05) is 54.6 Å². The molecule has 3 heterocycles. The number of aromatic nitrogens is 4. The maximum atomic E-state index is 13.4. The third kappa shape index (κ3) is 5.90. The molecule has 1 aliphatic rings. The lowest BCUT2D eigenvalue weighted by molar-refractivity contribution is -0.0654. The Kier molecular flexibility index (Phi) is 8.12. The average Bonchev–Trinajstić information content (AvgIpc) is 3.63. The van der Waals surface area contributed by atoms with E-state index in [1.165, 1.54) is 12.1 Å². The quantitative estimate of drug-likeness (QED) is 0.203. The summed E-state index contributed by atoms with van der Waals surface area (Å²) in [6.07, 6.45) is -4.18. The zero-order chi connectivity index (χ0) is 31.3. The number of nitrogens with one attached hydrogen (secondary N) is 1. The molecule has 6 rings (SSSR count). The van der Waals surface area contributed by atoms with Gasteiger partial charge in [0.1, 0.15) is 24.2 Å². The average molecular weight is 606 g/mol. The molecule has 13 nitrogen and oxygen atoms in total. The third-order valence-corrected chi connectivity index (χ3v) is 7.02. The highest BCUT2D eigenvalue weighted by molar-refractivity contribution is 5.91. The van der Waals surface area contributed by atoms with Gasteiger partial charge in [0.05, 0.1) is 23.0 Å². The molecule has 0 amide bonds. The molecule has 1 fully saturated rings. The van der Waals surface area contributed by atoms with Crippen molar-refractivity contribution in [2.24, 2.45) is 0 Å². The monoisotopic (exact) mass is 605 g/mol. The number of nitrogens with zero attached hydrogens (tertiary/aromatic N) is 4. The molecule has 224 valence electrons. The number of carbonyl (C=O) groups excluding carboxylic acids is 3. The molecule has 45 heavy (non-hydrogen) atoms. The first-order chi connectivity index (χ1) is 21.9. The maximum absolute atomic E-state index is 13.4. The van der Waals surface area contributed by atoms with Crippen molar-refractivity contribution in [3.63, 3.8) is 0 Å². The standard InChI is InChI=1S/C32H23N5O8/c33-16-22-24-27(34-18-35-28(24)38)37(36-22)29-26(45-32(41)21-14-8-3-9-15-21)25(44-31(40)20-12-6-2-7-13-20)23(43-29)17-42-30(39)19-10-4-1-5-11-19/h1-15,18,23,25-26,29H,17H2,(H,34,35,38)/t23-,25-,26-,29+/m0/s1. The molecule has 4 atom stereocenters. The first kappa shape index (κ1) is 29.0. The zero-order valence-electron chi connectivity index (χ0n) is 23.3. The van der Waals surface area contributed by atoms with E-state index >= 15 is 0 Å². The molecular formula is C32H23N5O8. The van der Waals surface area contributed by atoms with Crippen molar-refractivity contribution >= 4 is 28.9 Å². The number of hydrogen-bond acceptors (Lipinski definition) is 11. The highest BCUT2D eigenvalue weighted by Crippen LogP contribution is 2.36. The van der Waals surface area contributed by atoms with Crippen LogP contribution in [-0.2, 0) is 18.9 Å². The van der Waals surface area contributed by atoms with Gasteiger partial charge in [-0.2, -0.15) is 10.4 Å². The number of carbonyl (C=O) groups is 3. The van der Waals surface area contributed by atoms with Gasteiger partial charge >= 0.3 is 17.9 Å². The predicted molar refractivity (Wildman–Crippen MR) is 155 cm³/mol. The molecule has 0 saturated carbocycles. The van der Waals surface area contributed by atoms with E-state index in [1.807, 2.05) is 6.07 Å². The Hall–Kier alpha value is -6.13. The largest absolute Gasteiger partial charge is 0.459 e. The summed E-state index contributed by atoms with van der Waals surface area (Å²) < 4.78 is 24.7. The van der Waals surface area contributed by atoms with Crippen LogP contribution in [0.15, 0.2) is 102 Å². The Balaban J connectivity index is 1.41. The topological polar surface area (TPSA) is 175 Å². The molecule has 3 aromatic carbocycles. The molecule has 0 unspecified atom stereocenters. The van der Waals surface area contributed by atoms with Crippen LogP contribution in [0.2, 0.25) is 0 Å². The van der Waals surface area contributed by atoms with Gasteiger partial charge < -0.3 is 23.9 Å². The Bertz CT molecular complexity index is 1950. The van der Waals surface area contributed by atoms with E-state index in [1.54, 1.807) is 78.9 Å². The minimum atomic E-state index is -1.40. The number of nitriles is 1. The highest BCUT2D eigenvalue weighted by atomic mass is 16.7. The summed E-state index contributed by atoms with van der Waals surface area (Å²) in [6, 6.07) is 26.3. The zero-order valence-corrected chi connectivity index (χ0v) is 23.3. The van der Waals surface area contributed by atoms with E-state index in [-0.39, 0.29) is 33.4 Å². The number of ether oxygens (including phenoxy) is 4. The van der Waals surface area contributed by atoms with Crippen molar-refractivity contribution in [1.82, 2.24) is 19.7 Å². The lowest BCUT2D eigenvalue weighted by atomic mass is 10.1. The van der Waals surface area contributed by atoms with E-state index in [0.29, 0.717) is 0 Å². The fourth-order valence-electron chi connectivity index (χ4n) is 4.89. The molecule has 0 bridgehead atoms. The number of aromatic amines is 1. The Morgan fingerprint density at radius 2 is 1.36 bits per heavy atom. The van der Waals surface area contributed by atoms with Crippen molar-refractivity contribution in [3.05, 3.63) is 130 Å². The van der Waals surface area contributed by atoms with Crippen molar-refractivity contribution in [2.45, 2.75) is 24.5 Å². The van der Waals surface area contributed by atoms with Crippen molar-refractivity contribution < 1.29 is 33.3 Å². The van der Waals surface area contributed by atoms with Crippen LogP contribution < -0.4 is 5.56 Å². The molecule has 1 aliphatic heterocycles. The van der Waals surface area contributed by atoms with E-state index in [2.05, 4.69) is 15.1 Å². The number of hydrogen-bond donors (Lipinski definition) is 1. The summed E-state index contributed by atoms with van der Waals surface area (Å²) in [5, 5.41) is 13.8. The fraction of sp³-hybridized carbons (Fsp3) is 0.156. The van der Waals surface area contributed by atoms with E-state index in [9.17, 15) is 24.4 Å². The van der Waals surface area contributed by atoms with Crippen LogP contribution in [0.4, 0.5) is 0 Å². The number of benzene rings is 3. The molecule has 13 heteroatoms. The van der Waals surface area contributed by atoms with Crippen molar-refractivity contribution in [3.8, 4) is 6.07 Å². The number of rotatable bonds is 8. The minimum absolute atomic E-state index is 0.0453. The lowest BCUT2D eigenvalue weighted by Gasteiger charge is -2.24. The molecule has 1 N–H and O–H groups in total. The van der Waals surface area contributed by atoms with Crippen LogP contribution in [-0.4, -0.2) is 62.6 Å². The van der Waals surface area contributed by atoms with E-state index in [4.69, 9.17) is 18.9 Å². The van der Waals surface area contributed by atoms with Crippen molar-refractivity contribution in [2.75, 3.05) is 6.61 Å². The minimum Gasteiger partial charge on any atom is -0.459 e. The first-order valence-corrected chi connectivity index (χ1v) is 13.7. The SMILES string of the molecule is N#Cc1nn([C@@H]2O[C@@H](COC(=O)c3ccccc3)[C@H](OC(=O)c3ccccc3)[C@@H]2OC(=O)c2ccccc2)c2nc[nH]c(=O)c12. The van der Waals surface area contributed by atoms with Crippen LogP contribution >= 0.6 is 0 Å². The molecular weight excluding hydrogens is 582 g/mol. The summed E-state index contributed by atoms with van der Waals surface area (Å²) >= 11 is 0. The smallest absolute Gasteiger partial charge is 0.338 e. The van der Waals surface area contributed by atoms with Crippen molar-refractivity contribution in [1.29, 1.82) is 5.26 Å². The van der Waals surface area contributed by atoms with Gasteiger partial charge in [-0.3, -0.25) is 4.79 Å². The first-order valence-electron chi connectivity index (χ1n) is 13.7. The molecule has 1 saturated heterocycles. The Morgan fingerprint density at radius 1 is 0.822 bits per heavy atom. The van der Waals surface area contributed by atoms with Gasteiger partial charge in [-0.05, 0) is 36.4 Å². The molecule has 2 aromatic heterocycles. The second-order valence-corrected chi connectivity index (χ2v) is 9.84. The van der Waals surface area contributed by atoms with Crippen LogP contribution in [0.25, 0.3) is 11.0 Å². The summed E-state index contributed by atoms with van der Waals surface area (Å²) in [5.41, 5.74) is -0.250. The van der Waals surface area contributed by atoms with Crippen LogP contribution in [0.5, 0.6) is 0 Å². The Labute approximate surface area is 254 Å². The summed E-state index contributed by atoms with van der Waals surface area (Å²) in [4.78, 5) is 58.7. The molecule has 0 spiro atoms.